The van der Waals surface area contributed by atoms with Crippen LogP contribution in [0.4, 0.5) is 9.18 Å². The highest BCUT2D eigenvalue weighted by Crippen LogP contribution is 2.52. The van der Waals surface area contributed by atoms with Gasteiger partial charge in [0.15, 0.2) is 12.4 Å². The van der Waals surface area contributed by atoms with Crippen LogP contribution in [0.2, 0.25) is 0 Å². The molecule has 0 spiro atoms. The molecule has 9 atom stereocenters. The highest BCUT2D eigenvalue weighted by Gasteiger charge is 2.59. The van der Waals surface area contributed by atoms with Crippen molar-refractivity contribution >= 4 is 33.5 Å². The minimum atomic E-state index is -4.54. The summed E-state index contributed by atoms with van der Waals surface area (Å²) in [4.78, 5) is 39.6. The molecule has 310 valence electrons. The van der Waals surface area contributed by atoms with E-state index in [1.807, 2.05) is 0 Å². The van der Waals surface area contributed by atoms with Crippen molar-refractivity contribution < 1.29 is 60.2 Å². The normalized spacial score (nSPS) is 25.7. The van der Waals surface area contributed by atoms with Gasteiger partial charge in [-0.3, -0.25) is 23.5 Å². The molecule has 17 nitrogen and oxygen atoms in total. The van der Waals surface area contributed by atoms with Crippen LogP contribution >= 0.6 is 15.5 Å². The van der Waals surface area contributed by atoms with Crippen molar-refractivity contribution in [3.05, 3.63) is 72.4 Å². The highest BCUT2D eigenvalue weighted by atomic mass is 31.2. The third kappa shape index (κ3) is 11.8. The predicted molar refractivity (Wildman–Crippen MR) is 203 cm³/mol. The predicted octanol–water partition coefficient (Wildman–Crippen LogP) is 5.54. The lowest BCUT2D eigenvalue weighted by Gasteiger charge is -2.35. The first-order valence-corrected chi connectivity index (χ1v) is 21.1. The molecule has 0 saturated carbocycles. The topological polar surface area (TPSA) is 215 Å². The summed E-state index contributed by atoms with van der Waals surface area (Å²) in [5, 5.41) is 7.66. The van der Waals surface area contributed by atoms with Gasteiger partial charge >= 0.3 is 33.5 Å². The third-order valence-corrected chi connectivity index (χ3v) is 11.8. The molecule has 2 heterocycles. The summed E-state index contributed by atoms with van der Waals surface area (Å²) in [6.07, 6.45) is -5.57. The van der Waals surface area contributed by atoms with Gasteiger partial charge in [0.05, 0.1) is 36.9 Å². The number of hydrogen-bond donors (Lipinski definition) is 4. The van der Waals surface area contributed by atoms with E-state index in [1.54, 1.807) is 71.0 Å². The molecule has 56 heavy (non-hydrogen) atoms. The number of hydrogen-bond acceptors (Lipinski definition) is 13. The lowest BCUT2D eigenvalue weighted by molar-refractivity contribution is -0.150. The van der Waals surface area contributed by atoms with Crippen molar-refractivity contribution in [1.29, 1.82) is 0 Å². The summed E-state index contributed by atoms with van der Waals surface area (Å²) in [5.41, 5.74) is 4.61. The second-order valence-corrected chi connectivity index (χ2v) is 17.6. The number of nitrogens with two attached hydrogens (primary N) is 1. The zero-order valence-electron chi connectivity index (χ0n) is 32.6. The first-order valence-electron chi connectivity index (χ1n) is 18.0. The first-order chi connectivity index (χ1) is 26.2. The Hall–Kier alpha value is -3.86. The summed E-state index contributed by atoms with van der Waals surface area (Å²) in [7, 11) is -9.05. The zero-order valence-corrected chi connectivity index (χ0v) is 34.4. The number of halogens is 1. The molecule has 2 aliphatic heterocycles. The maximum absolute atomic E-state index is 17.1. The summed E-state index contributed by atoms with van der Waals surface area (Å²) in [6.45, 7) is 11.0. The van der Waals surface area contributed by atoms with Gasteiger partial charge in [0.1, 0.15) is 29.7 Å². The van der Waals surface area contributed by atoms with Crippen molar-refractivity contribution in [2.24, 2.45) is 11.1 Å². The van der Waals surface area contributed by atoms with Crippen LogP contribution in [0.15, 0.2) is 72.4 Å². The van der Waals surface area contributed by atoms with Gasteiger partial charge in [-0.15, -0.1) is 0 Å². The molecule has 0 aliphatic carbocycles. The minimum absolute atomic E-state index is 0.104. The molecular formula is C36H52FN5O12P2. The number of benzene rings is 2. The van der Waals surface area contributed by atoms with Crippen molar-refractivity contribution in [2.75, 3.05) is 13.2 Å². The summed E-state index contributed by atoms with van der Waals surface area (Å²) < 4.78 is 85.8. The summed E-state index contributed by atoms with van der Waals surface area (Å²) in [6, 6.07) is 12.8. The molecule has 5 N–H and O–H groups in total. The third-order valence-electron chi connectivity index (χ3n) is 8.53. The zero-order chi connectivity index (χ0) is 41.4. The second kappa shape index (κ2) is 19.1. The fraction of sp³-hybridized carbons (Fsp3) is 0.528. The van der Waals surface area contributed by atoms with Crippen LogP contribution in [-0.2, 0) is 42.0 Å². The molecule has 2 aliphatic rings. The van der Waals surface area contributed by atoms with Crippen LogP contribution in [0.1, 0.15) is 55.4 Å². The Morgan fingerprint density at radius 2 is 1.34 bits per heavy atom. The molecule has 2 aromatic carbocycles. The maximum Gasteiger partial charge on any atom is 0.459 e. The summed E-state index contributed by atoms with van der Waals surface area (Å²) in [5.74, 6) is -1.28. The number of urea groups is 1. The standard InChI is InChI=1S/C36H52FN5O12P2/c1-22(2)50-33(43)25(6)40-55(46,53-27-15-11-9-12-16-27)48-20-29-36(8,30(37)32(52-29)42-19-24(5)31(38)39-35(42)45)21-49-56(47,54-28-17-13-10-14-18-28)41-26(7)34(44)51-23(3)4/h9-19,22-23,25-26,29-32H,20-21,38H2,1-8H3,(H,39,45)(H,40,46)(H,41,47)/t25-,26-,29+,30?,31?,32+,36?,55?,56?/m0/s1. The number of amides is 2. The van der Waals surface area contributed by atoms with Crippen LogP contribution < -0.4 is 30.3 Å². The van der Waals surface area contributed by atoms with E-state index >= 15 is 4.39 Å². The Labute approximate surface area is 326 Å². The SMILES string of the molecule is CC1=CN([C@@H]2O[C@H](COP(=O)(N[C@@H](C)C(=O)OC(C)C)Oc3ccccc3)C(C)(COP(=O)(N[C@@H](C)C(=O)OC(C)C)Oc3ccccc3)C2F)C(=O)NC1N. The number of rotatable bonds is 19. The lowest BCUT2D eigenvalue weighted by Crippen LogP contribution is -2.56. The number of carbonyl (C=O) groups excluding carboxylic acids is 3. The van der Waals surface area contributed by atoms with Crippen LogP contribution in [0, 0.1) is 5.41 Å². The van der Waals surface area contributed by atoms with E-state index in [0.29, 0.717) is 5.57 Å². The Morgan fingerprint density at radius 1 is 0.875 bits per heavy atom. The minimum Gasteiger partial charge on any atom is -0.462 e. The number of para-hydroxylation sites is 2. The molecule has 0 aromatic heterocycles. The quantitative estimate of drug-likeness (QED) is 0.101. The van der Waals surface area contributed by atoms with Crippen molar-refractivity contribution in [2.45, 2.75) is 104 Å². The molecule has 2 amide bonds. The van der Waals surface area contributed by atoms with E-state index in [9.17, 15) is 23.5 Å². The van der Waals surface area contributed by atoms with E-state index in [-0.39, 0.29) is 11.5 Å². The highest BCUT2D eigenvalue weighted by molar-refractivity contribution is 7.52. The Balaban J connectivity index is 1.69. The van der Waals surface area contributed by atoms with Gasteiger partial charge in [0, 0.05) is 6.20 Å². The Kier molecular flexibility index (Phi) is 15.3. The molecule has 20 heteroatoms. The molecule has 1 fully saturated rings. The number of nitrogens with one attached hydrogen (secondary N) is 3. The van der Waals surface area contributed by atoms with E-state index in [4.69, 9.17) is 38.0 Å². The number of carbonyl (C=O) groups is 3. The van der Waals surface area contributed by atoms with E-state index < -0.39 is 101 Å². The monoisotopic (exact) mass is 827 g/mol. The van der Waals surface area contributed by atoms with Crippen LogP contribution in [0.25, 0.3) is 0 Å². The molecular weight excluding hydrogens is 775 g/mol. The molecule has 0 bridgehead atoms. The van der Waals surface area contributed by atoms with E-state index in [1.165, 1.54) is 51.2 Å². The van der Waals surface area contributed by atoms with Crippen molar-refractivity contribution in [1.82, 2.24) is 20.4 Å². The Bertz CT molecular complexity index is 1790. The van der Waals surface area contributed by atoms with Crippen LogP contribution in [0.5, 0.6) is 11.5 Å². The van der Waals surface area contributed by atoms with Gasteiger partial charge < -0.3 is 34.3 Å². The molecule has 2 aromatic rings. The van der Waals surface area contributed by atoms with Gasteiger partial charge in [0.25, 0.3) is 0 Å². The number of esters is 2. The van der Waals surface area contributed by atoms with Gasteiger partial charge in [0.2, 0.25) is 0 Å². The number of ether oxygens (including phenoxy) is 3. The van der Waals surface area contributed by atoms with Gasteiger partial charge in [-0.1, -0.05) is 43.3 Å². The average molecular weight is 828 g/mol. The van der Waals surface area contributed by atoms with Gasteiger partial charge in [-0.2, -0.15) is 10.2 Å². The molecule has 4 rings (SSSR count). The number of nitrogens with zero attached hydrogens (tertiary/aromatic N) is 1. The molecule has 1 saturated heterocycles. The van der Waals surface area contributed by atoms with Gasteiger partial charge in [-0.25, -0.2) is 18.3 Å². The van der Waals surface area contributed by atoms with E-state index in [2.05, 4.69) is 15.5 Å². The largest absolute Gasteiger partial charge is 0.462 e. The van der Waals surface area contributed by atoms with Gasteiger partial charge in [-0.05, 0) is 78.3 Å². The number of alkyl halides is 1. The van der Waals surface area contributed by atoms with Crippen molar-refractivity contribution in [3.8, 4) is 11.5 Å². The lowest BCUT2D eigenvalue weighted by atomic mass is 9.82. The maximum atomic E-state index is 17.1. The first kappa shape index (κ1) is 44.8. The Morgan fingerprint density at radius 3 is 1.80 bits per heavy atom. The second-order valence-electron chi connectivity index (χ2n) is 14.2. The smallest absolute Gasteiger partial charge is 0.459 e. The average Bonchev–Trinajstić information content (AvgIpc) is 3.37. The molecule has 0 radical (unpaired) electrons. The van der Waals surface area contributed by atoms with E-state index in [0.717, 1.165) is 4.90 Å². The van der Waals surface area contributed by atoms with Crippen molar-refractivity contribution in [3.63, 3.8) is 0 Å². The van der Waals surface area contributed by atoms with Crippen LogP contribution in [0.3, 0.4) is 0 Å². The fourth-order valence-corrected chi connectivity index (χ4v) is 8.53. The molecule has 5 unspecified atom stereocenters. The van der Waals surface area contributed by atoms with Crippen LogP contribution in [-0.4, -0.2) is 85.0 Å². The summed E-state index contributed by atoms with van der Waals surface area (Å²) >= 11 is 0. The fourth-order valence-electron chi connectivity index (χ4n) is 5.43.